The summed E-state index contributed by atoms with van der Waals surface area (Å²) >= 11 is 0. The molecule has 0 aliphatic heterocycles. The summed E-state index contributed by atoms with van der Waals surface area (Å²) in [5.41, 5.74) is 0.188. The van der Waals surface area contributed by atoms with Crippen molar-refractivity contribution < 1.29 is 5.11 Å². The molecule has 0 saturated heterocycles. The van der Waals surface area contributed by atoms with Crippen LogP contribution in [0.2, 0.25) is 0 Å². The molecule has 90 valence electrons. The second-order valence-electron chi connectivity index (χ2n) is 3.92. The predicted octanol–water partition coefficient (Wildman–Crippen LogP) is 1.54. The Balaban J connectivity index is 2.60. The van der Waals surface area contributed by atoms with Gasteiger partial charge in [0.1, 0.15) is 5.69 Å². The van der Waals surface area contributed by atoms with Crippen LogP contribution in [0.5, 0.6) is 5.75 Å². The molecule has 0 aromatic heterocycles. The minimum absolute atomic E-state index is 0.0391. The molecule has 0 fully saturated rings. The van der Waals surface area contributed by atoms with Gasteiger partial charge in [-0.05, 0) is 12.8 Å². The van der Waals surface area contributed by atoms with Crippen LogP contribution < -0.4 is 16.1 Å². The number of hydrogen-bond acceptors (Lipinski definition) is 4. The van der Waals surface area contributed by atoms with Crippen LogP contribution >= 0.6 is 0 Å². The Morgan fingerprint density at radius 1 is 1.25 bits per heavy atom. The minimum atomic E-state index is -0.148. The number of nitrogens with zero attached hydrogens (tertiary/aromatic N) is 1. The number of anilines is 1. The van der Waals surface area contributed by atoms with E-state index >= 15 is 0 Å². The van der Waals surface area contributed by atoms with Crippen molar-refractivity contribution in [2.45, 2.75) is 39.5 Å². The van der Waals surface area contributed by atoms with Gasteiger partial charge in [-0.25, -0.2) is 0 Å². The van der Waals surface area contributed by atoms with E-state index in [1.54, 1.807) is 0 Å². The molecule has 1 aromatic carbocycles. The lowest BCUT2D eigenvalue weighted by atomic mass is 10.2. The van der Waals surface area contributed by atoms with E-state index in [-0.39, 0.29) is 16.5 Å². The van der Waals surface area contributed by atoms with Crippen molar-refractivity contribution in [3.63, 3.8) is 0 Å². The van der Waals surface area contributed by atoms with Gasteiger partial charge in [-0.15, -0.1) is 0 Å². The second-order valence-corrected chi connectivity index (χ2v) is 3.92. The fraction of sp³-hybridized carbons (Fsp3) is 0.667. The van der Waals surface area contributed by atoms with Gasteiger partial charge in [0.25, 0.3) is 0 Å². The molecule has 0 amide bonds. The molecule has 16 heavy (non-hydrogen) atoms. The first-order valence-electron chi connectivity index (χ1n) is 5.99. The quantitative estimate of drug-likeness (QED) is 0.691. The highest BCUT2D eigenvalue weighted by Crippen LogP contribution is 2.14. The molecular formula is C12H20N2O2. The molecule has 0 spiro atoms. The second kappa shape index (κ2) is 6.30. The molecule has 0 bridgehead atoms. The summed E-state index contributed by atoms with van der Waals surface area (Å²) in [4.78, 5) is 15.6. The predicted molar refractivity (Wildman–Crippen MR) is 65.5 cm³/mol. The smallest absolute Gasteiger partial charge is 0.234 e. The summed E-state index contributed by atoms with van der Waals surface area (Å²) in [6.45, 7) is 5.49. The fourth-order valence-corrected chi connectivity index (χ4v) is 1.44. The molecule has 2 N–H and O–H groups in total. The van der Waals surface area contributed by atoms with Crippen LogP contribution in [0.15, 0.2) is 9.79 Å². The first kappa shape index (κ1) is 12.7. The molecule has 0 unspecified atom stereocenters. The zero-order valence-corrected chi connectivity index (χ0v) is 10.0. The van der Waals surface area contributed by atoms with Gasteiger partial charge >= 0.3 is 0 Å². The van der Waals surface area contributed by atoms with Crippen molar-refractivity contribution in [3.05, 3.63) is 15.6 Å². The van der Waals surface area contributed by atoms with Gasteiger partial charge < -0.3 is 10.4 Å². The lowest BCUT2D eigenvalue weighted by molar-refractivity contribution is 0.461. The van der Waals surface area contributed by atoms with Crippen molar-refractivity contribution in [2.24, 2.45) is 4.99 Å². The van der Waals surface area contributed by atoms with E-state index in [1.807, 2.05) is 0 Å². The highest BCUT2D eigenvalue weighted by Gasteiger charge is 2.16. The third-order valence-electron chi connectivity index (χ3n) is 2.52. The molecule has 0 saturated carbocycles. The van der Waals surface area contributed by atoms with Crippen LogP contribution in [0.1, 0.15) is 39.5 Å². The monoisotopic (exact) mass is 224 g/mol. The number of hydrogen-bond donors (Lipinski definition) is 2. The molecule has 1 aromatic rings. The average molecular weight is 224 g/mol. The van der Waals surface area contributed by atoms with Crippen molar-refractivity contribution in [2.75, 3.05) is 18.4 Å². The Bertz CT molecular complexity index is 403. The summed E-state index contributed by atoms with van der Waals surface area (Å²) in [5, 5.41) is 12.8. The van der Waals surface area contributed by atoms with Crippen LogP contribution in [0.3, 0.4) is 0 Å². The third kappa shape index (κ3) is 2.84. The van der Waals surface area contributed by atoms with Gasteiger partial charge in [-0.1, -0.05) is 26.7 Å². The summed E-state index contributed by atoms with van der Waals surface area (Å²) in [7, 11) is 0. The van der Waals surface area contributed by atoms with Gasteiger partial charge in [0.05, 0.1) is 0 Å². The Morgan fingerprint density at radius 3 is 2.50 bits per heavy atom. The number of nitrogens with one attached hydrogen (secondary N) is 1. The molecule has 1 rings (SSSR count). The van der Waals surface area contributed by atoms with E-state index in [4.69, 9.17) is 0 Å². The van der Waals surface area contributed by atoms with Crippen LogP contribution in [0, 0.1) is 0 Å². The highest BCUT2D eigenvalue weighted by molar-refractivity contribution is 5.60. The van der Waals surface area contributed by atoms with E-state index in [0.29, 0.717) is 12.2 Å². The van der Waals surface area contributed by atoms with Crippen LogP contribution in [-0.4, -0.2) is 18.2 Å². The van der Waals surface area contributed by atoms with Gasteiger partial charge in [-0.3, -0.25) is 9.79 Å². The van der Waals surface area contributed by atoms with Crippen molar-refractivity contribution in [1.29, 1.82) is 0 Å². The largest absolute Gasteiger partial charge is 0.504 e. The van der Waals surface area contributed by atoms with E-state index in [2.05, 4.69) is 24.2 Å². The van der Waals surface area contributed by atoms with E-state index < -0.39 is 0 Å². The summed E-state index contributed by atoms with van der Waals surface area (Å²) in [5.74, 6) is 0.0391. The lowest BCUT2D eigenvalue weighted by Crippen LogP contribution is -2.35. The Morgan fingerprint density at radius 2 is 1.94 bits per heavy atom. The molecule has 0 radical (unpaired) electrons. The first-order chi connectivity index (χ1) is 7.72. The maximum atomic E-state index is 11.5. The molecule has 0 atom stereocenters. The zero-order chi connectivity index (χ0) is 12.0. The van der Waals surface area contributed by atoms with Crippen molar-refractivity contribution >= 4 is 5.69 Å². The van der Waals surface area contributed by atoms with E-state index in [1.165, 1.54) is 0 Å². The summed E-state index contributed by atoms with van der Waals surface area (Å²) < 4.78 is 0. The topological polar surface area (TPSA) is 61.7 Å². The molecule has 4 heteroatoms. The number of unbranched alkanes of at least 4 members (excludes halogenated alkanes) is 2. The molecule has 0 aliphatic rings. The van der Waals surface area contributed by atoms with Gasteiger partial charge in [0.2, 0.25) is 5.43 Å². The van der Waals surface area contributed by atoms with Gasteiger partial charge in [0, 0.05) is 13.1 Å². The van der Waals surface area contributed by atoms with Gasteiger partial charge in [0.15, 0.2) is 11.1 Å². The van der Waals surface area contributed by atoms with Crippen molar-refractivity contribution in [1.82, 2.24) is 0 Å². The van der Waals surface area contributed by atoms with E-state index in [9.17, 15) is 9.90 Å². The van der Waals surface area contributed by atoms with Crippen LogP contribution in [-0.2, 0) is 0 Å². The van der Waals surface area contributed by atoms with Crippen LogP contribution in [0.25, 0.3) is 0 Å². The standard InChI is InChI=1S/C12H20N2O2/c1-3-5-7-13-9-11(15)10(12(9)16)14-8-6-4-2/h13,15H,3-8H2,1-2H3. The maximum absolute atomic E-state index is 11.5. The Kier molecular flexibility index (Phi) is 5.02. The highest BCUT2D eigenvalue weighted by atomic mass is 16.3. The third-order valence-corrected chi connectivity index (χ3v) is 2.52. The molecule has 4 nitrogen and oxygen atoms in total. The lowest BCUT2D eigenvalue weighted by Gasteiger charge is -2.09. The van der Waals surface area contributed by atoms with Crippen LogP contribution in [0.4, 0.5) is 5.69 Å². The zero-order valence-electron chi connectivity index (χ0n) is 10.0. The number of rotatable bonds is 7. The van der Waals surface area contributed by atoms with Gasteiger partial charge in [-0.2, -0.15) is 0 Å². The summed E-state index contributed by atoms with van der Waals surface area (Å²) in [6.07, 6.45) is 4.04. The first-order valence-corrected chi connectivity index (χ1v) is 5.99. The fourth-order valence-electron chi connectivity index (χ4n) is 1.44. The Labute approximate surface area is 95.7 Å². The molecule has 0 aliphatic carbocycles. The maximum Gasteiger partial charge on any atom is 0.234 e. The summed E-state index contributed by atoms with van der Waals surface area (Å²) in [6, 6.07) is 0. The average Bonchev–Trinajstić information content (AvgIpc) is 2.30. The van der Waals surface area contributed by atoms with E-state index in [0.717, 1.165) is 32.2 Å². The Hall–Kier alpha value is -1.32. The minimum Gasteiger partial charge on any atom is -0.504 e. The molecular weight excluding hydrogens is 204 g/mol. The number of aromatic hydroxyl groups is 1. The SMILES string of the molecule is CCCCN=c1c(O)c(NCCCC)c1=O. The van der Waals surface area contributed by atoms with Crippen molar-refractivity contribution in [3.8, 4) is 5.75 Å². The normalized spacial score (nSPS) is 12.2. The molecule has 0 heterocycles.